The molecule has 6 nitrogen and oxygen atoms in total. The molecule has 2 aliphatic rings. The molecule has 5 rings (SSSR count). The maximum Gasteiger partial charge on any atom is 0.206 e. The molecule has 0 aromatic heterocycles. The van der Waals surface area contributed by atoms with E-state index in [1.165, 1.54) is 0 Å². The Hall–Kier alpha value is -2.58. The van der Waals surface area contributed by atoms with Crippen molar-refractivity contribution < 1.29 is 23.8 Å². The minimum Gasteiger partial charge on any atom is -0.368 e. The predicted molar refractivity (Wildman–Crippen MR) is 164 cm³/mol. The molecule has 42 heavy (non-hydrogen) atoms. The van der Waals surface area contributed by atoms with Gasteiger partial charge in [0.05, 0.1) is 25.9 Å². The minimum atomic E-state index is -0.669. The number of rotatable bonds is 11. The van der Waals surface area contributed by atoms with Crippen LogP contribution in [-0.2, 0) is 43.6 Å². The molecule has 0 radical (unpaired) electrons. The van der Waals surface area contributed by atoms with Crippen LogP contribution in [0.5, 0.6) is 0 Å². The van der Waals surface area contributed by atoms with Crippen molar-refractivity contribution in [2.24, 2.45) is 0 Å². The molecule has 0 unspecified atom stereocenters. The van der Waals surface area contributed by atoms with E-state index in [1.807, 2.05) is 61.5 Å². The summed E-state index contributed by atoms with van der Waals surface area (Å²) in [7, 11) is 0. The van der Waals surface area contributed by atoms with E-state index in [0.717, 1.165) is 36.0 Å². The van der Waals surface area contributed by atoms with E-state index in [0.29, 0.717) is 19.8 Å². The molecular formula is C36H47NO5. The maximum absolute atomic E-state index is 6.88. The summed E-state index contributed by atoms with van der Waals surface area (Å²) in [5.74, 6) is 0. The molecule has 0 N–H and O–H groups in total. The van der Waals surface area contributed by atoms with Crippen molar-refractivity contribution in [1.29, 1.82) is 0 Å². The van der Waals surface area contributed by atoms with E-state index >= 15 is 0 Å². The van der Waals surface area contributed by atoms with Crippen molar-refractivity contribution in [2.45, 2.75) is 115 Å². The van der Waals surface area contributed by atoms with Gasteiger partial charge in [0, 0.05) is 11.1 Å². The highest BCUT2D eigenvalue weighted by Crippen LogP contribution is 2.41. The van der Waals surface area contributed by atoms with Gasteiger partial charge in [-0.3, -0.25) is 4.84 Å². The third-order valence-electron chi connectivity index (χ3n) is 8.47. The topological polar surface area (TPSA) is 49.4 Å². The summed E-state index contributed by atoms with van der Waals surface area (Å²) >= 11 is 0. The van der Waals surface area contributed by atoms with Gasteiger partial charge in [0.2, 0.25) is 6.29 Å². The normalized spacial score (nSPS) is 27.5. The third kappa shape index (κ3) is 7.67. The van der Waals surface area contributed by atoms with Crippen LogP contribution in [-0.4, -0.2) is 46.8 Å². The molecule has 2 aliphatic heterocycles. The van der Waals surface area contributed by atoms with Gasteiger partial charge >= 0.3 is 0 Å². The molecule has 0 amide bonds. The van der Waals surface area contributed by atoms with Crippen molar-refractivity contribution >= 4 is 0 Å². The number of hydrogen-bond donors (Lipinski definition) is 0. The molecule has 5 atom stereocenters. The Kier molecular flexibility index (Phi) is 10.1. The second-order valence-electron chi connectivity index (χ2n) is 12.9. The zero-order chi connectivity index (χ0) is 29.6. The van der Waals surface area contributed by atoms with E-state index in [9.17, 15) is 0 Å². The Bertz CT molecular complexity index is 1200. The van der Waals surface area contributed by atoms with Crippen LogP contribution in [0.15, 0.2) is 91.0 Å². The van der Waals surface area contributed by atoms with Gasteiger partial charge in [-0.25, -0.2) is 0 Å². The van der Waals surface area contributed by atoms with Crippen LogP contribution in [0.3, 0.4) is 0 Å². The fourth-order valence-corrected chi connectivity index (χ4v) is 6.32. The molecule has 0 spiro atoms. The average Bonchev–Trinajstić information content (AvgIpc) is 2.98. The van der Waals surface area contributed by atoms with Crippen LogP contribution < -0.4 is 0 Å². The SMILES string of the molecule is C[C@H]1O[C@H](ON2C(C)(C)CCCC2(C)C)[C@H](OCc2ccccc2)[C@@H](OCc2ccccc2)[C@@H]1OCc1ccccc1. The van der Waals surface area contributed by atoms with Gasteiger partial charge in [0.25, 0.3) is 0 Å². The van der Waals surface area contributed by atoms with E-state index in [-0.39, 0.29) is 23.3 Å². The first-order chi connectivity index (χ1) is 20.2. The fraction of sp³-hybridized carbons (Fsp3) is 0.500. The number of nitrogens with zero attached hydrogens (tertiary/aromatic N) is 1. The second-order valence-corrected chi connectivity index (χ2v) is 12.9. The van der Waals surface area contributed by atoms with E-state index in [1.54, 1.807) is 0 Å². The first kappa shape index (κ1) is 30.9. The Labute approximate surface area is 251 Å². The molecule has 2 heterocycles. The van der Waals surface area contributed by atoms with Gasteiger partial charge in [-0.05, 0) is 70.6 Å². The van der Waals surface area contributed by atoms with Crippen molar-refractivity contribution in [1.82, 2.24) is 5.06 Å². The number of hydroxylamine groups is 2. The lowest BCUT2D eigenvalue weighted by Gasteiger charge is -2.54. The lowest BCUT2D eigenvalue weighted by Crippen LogP contribution is -2.65. The summed E-state index contributed by atoms with van der Waals surface area (Å²) < 4.78 is 26.7. The van der Waals surface area contributed by atoms with Crippen molar-refractivity contribution in [3.63, 3.8) is 0 Å². The number of piperidine rings is 1. The van der Waals surface area contributed by atoms with Gasteiger partial charge in [-0.1, -0.05) is 91.0 Å². The molecule has 0 saturated carbocycles. The smallest absolute Gasteiger partial charge is 0.206 e. The summed E-state index contributed by atoms with van der Waals surface area (Å²) in [4.78, 5) is 6.88. The van der Waals surface area contributed by atoms with Crippen molar-refractivity contribution in [3.8, 4) is 0 Å². The Morgan fingerprint density at radius 1 is 0.619 bits per heavy atom. The van der Waals surface area contributed by atoms with Crippen LogP contribution in [0, 0.1) is 0 Å². The highest BCUT2D eigenvalue weighted by molar-refractivity contribution is 5.15. The molecule has 3 aromatic rings. The molecule has 226 valence electrons. The quantitative estimate of drug-likeness (QED) is 0.237. The highest BCUT2D eigenvalue weighted by atomic mass is 16.8. The van der Waals surface area contributed by atoms with Crippen molar-refractivity contribution in [2.75, 3.05) is 0 Å². The molecule has 3 aromatic carbocycles. The van der Waals surface area contributed by atoms with Gasteiger partial charge in [0.1, 0.15) is 18.3 Å². The average molecular weight is 574 g/mol. The summed E-state index contributed by atoms with van der Waals surface area (Å²) in [6, 6.07) is 30.7. The number of hydrogen-bond acceptors (Lipinski definition) is 6. The van der Waals surface area contributed by atoms with Gasteiger partial charge in [-0.15, -0.1) is 0 Å². The Morgan fingerprint density at radius 3 is 1.48 bits per heavy atom. The predicted octanol–water partition coefficient (Wildman–Crippen LogP) is 7.46. The maximum atomic E-state index is 6.88. The zero-order valence-corrected chi connectivity index (χ0v) is 25.8. The van der Waals surface area contributed by atoms with Gasteiger partial charge in [0.15, 0.2) is 0 Å². The third-order valence-corrected chi connectivity index (χ3v) is 8.47. The van der Waals surface area contributed by atoms with Crippen LogP contribution in [0.2, 0.25) is 0 Å². The molecule has 2 fully saturated rings. The standard InChI is InChI=1S/C36H47NO5/c1-27-31(38-24-28-16-9-6-10-17-28)32(39-25-29-18-11-7-12-19-29)33(40-26-30-20-13-8-14-21-30)34(41-27)42-37-35(2,3)22-15-23-36(37,4)5/h6-14,16-21,27,31-34H,15,22-26H2,1-5H3/t27-,31-,32+,33-,34-/m1/s1. The summed E-state index contributed by atoms with van der Waals surface area (Å²) in [5, 5.41) is 2.15. The molecule has 0 aliphatic carbocycles. The monoisotopic (exact) mass is 573 g/mol. The highest BCUT2D eigenvalue weighted by Gasteiger charge is 2.51. The summed E-state index contributed by atoms with van der Waals surface area (Å²) in [6.45, 7) is 12.3. The number of benzene rings is 3. The molecule has 2 saturated heterocycles. The number of ether oxygens (including phenoxy) is 4. The first-order valence-corrected chi connectivity index (χ1v) is 15.3. The molecule has 6 heteroatoms. The lowest BCUT2D eigenvalue weighted by molar-refractivity contribution is -0.408. The van der Waals surface area contributed by atoms with Crippen LogP contribution >= 0.6 is 0 Å². The second kappa shape index (κ2) is 13.8. The summed E-state index contributed by atoms with van der Waals surface area (Å²) in [5.41, 5.74) is 2.97. The molecular weight excluding hydrogens is 526 g/mol. The first-order valence-electron chi connectivity index (χ1n) is 15.3. The Morgan fingerprint density at radius 2 is 1.02 bits per heavy atom. The largest absolute Gasteiger partial charge is 0.368 e. The minimum absolute atomic E-state index is 0.153. The lowest BCUT2D eigenvalue weighted by atomic mass is 9.82. The Balaban J connectivity index is 1.45. The van der Waals surface area contributed by atoms with Crippen LogP contribution in [0.4, 0.5) is 0 Å². The van der Waals surface area contributed by atoms with E-state index in [4.69, 9.17) is 23.8 Å². The summed E-state index contributed by atoms with van der Waals surface area (Å²) in [6.07, 6.45) is 0.979. The fourth-order valence-electron chi connectivity index (χ4n) is 6.32. The molecule has 0 bridgehead atoms. The zero-order valence-electron chi connectivity index (χ0n) is 25.8. The van der Waals surface area contributed by atoms with E-state index in [2.05, 4.69) is 69.2 Å². The van der Waals surface area contributed by atoms with E-state index < -0.39 is 18.5 Å². The van der Waals surface area contributed by atoms with Crippen LogP contribution in [0.1, 0.15) is 70.6 Å². The van der Waals surface area contributed by atoms with Gasteiger partial charge < -0.3 is 18.9 Å². The van der Waals surface area contributed by atoms with Crippen molar-refractivity contribution in [3.05, 3.63) is 108 Å². The van der Waals surface area contributed by atoms with Gasteiger partial charge in [-0.2, -0.15) is 5.06 Å². The van der Waals surface area contributed by atoms with Crippen LogP contribution in [0.25, 0.3) is 0 Å².